The van der Waals surface area contributed by atoms with Gasteiger partial charge in [0.1, 0.15) is 0 Å². The number of morpholine rings is 1. The molecular formula is C23H28N4O3. The maximum atomic E-state index is 12.7. The van der Waals surface area contributed by atoms with Gasteiger partial charge in [0.05, 0.1) is 24.2 Å². The van der Waals surface area contributed by atoms with Gasteiger partial charge in [0, 0.05) is 44.0 Å². The summed E-state index contributed by atoms with van der Waals surface area (Å²) in [4.78, 5) is 27.6. The number of fused-ring (bicyclic) bond motifs is 1. The number of hydrogen-bond acceptors (Lipinski definition) is 4. The van der Waals surface area contributed by atoms with Crippen molar-refractivity contribution in [3.05, 3.63) is 58.5 Å². The van der Waals surface area contributed by atoms with Crippen molar-refractivity contribution in [2.75, 3.05) is 36.5 Å². The number of carbonyl (C=O) groups excluding carboxylic acids is 1. The summed E-state index contributed by atoms with van der Waals surface area (Å²) in [7, 11) is 0. The molecule has 1 aliphatic rings. The zero-order valence-corrected chi connectivity index (χ0v) is 17.6. The lowest BCUT2D eigenvalue weighted by Crippen LogP contribution is -2.36. The molecule has 4 rings (SSSR count). The number of benzene rings is 2. The van der Waals surface area contributed by atoms with Crippen LogP contribution in [0.3, 0.4) is 0 Å². The zero-order valence-electron chi connectivity index (χ0n) is 17.6. The van der Waals surface area contributed by atoms with E-state index in [1.54, 1.807) is 9.13 Å². The van der Waals surface area contributed by atoms with Crippen molar-refractivity contribution in [1.82, 2.24) is 9.13 Å². The Hall–Kier alpha value is -3.06. The molecule has 7 nitrogen and oxygen atoms in total. The van der Waals surface area contributed by atoms with Gasteiger partial charge in [-0.3, -0.25) is 13.9 Å². The highest BCUT2D eigenvalue weighted by Crippen LogP contribution is 2.23. The highest BCUT2D eigenvalue weighted by Gasteiger charge is 2.15. The first-order valence-electron chi connectivity index (χ1n) is 10.5. The summed E-state index contributed by atoms with van der Waals surface area (Å²) in [6, 6.07) is 13.8. The van der Waals surface area contributed by atoms with Gasteiger partial charge in [0.25, 0.3) is 0 Å². The summed E-state index contributed by atoms with van der Waals surface area (Å²) in [5.74, 6) is -0.0996. The van der Waals surface area contributed by atoms with E-state index < -0.39 is 0 Å². The summed E-state index contributed by atoms with van der Waals surface area (Å²) in [6.45, 7) is 8.15. The molecule has 0 atom stereocenters. The molecule has 1 aliphatic heterocycles. The maximum absolute atomic E-state index is 12.7. The lowest BCUT2D eigenvalue weighted by Gasteiger charge is -2.29. The smallest absolute Gasteiger partial charge is 0.329 e. The Morgan fingerprint density at radius 3 is 2.43 bits per heavy atom. The molecule has 30 heavy (non-hydrogen) atoms. The minimum Gasteiger partial charge on any atom is -0.378 e. The lowest BCUT2D eigenvalue weighted by atomic mass is 10.1. The molecule has 1 aromatic heterocycles. The van der Waals surface area contributed by atoms with E-state index in [1.807, 2.05) is 50.2 Å². The molecule has 0 bridgehead atoms. The summed E-state index contributed by atoms with van der Waals surface area (Å²) in [5.41, 5.74) is 4.67. The van der Waals surface area contributed by atoms with E-state index >= 15 is 0 Å². The molecule has 1 fully saturated rings. The Morgan fingerprint density at radius 1 is 1.07 bits per heavy atom. The number of aryl methyl sites for hydroxylation is 3. The SMILES string of the molecule is CCn1c(=O)n(CCC(=O)Nc2ccc(N3CCOCC3)cc2C)c2ccccc21. The Morgan fingerprint density at radius 2 is 1.77 bits per heavy atom. The van der Waals surface area contributed by atoms with Crippen molar-refractivity contribution < 1.29 is 9.53 Å². The van der Waals surface area contributed by atoms with Gasteiger partial charge >= 0.3 is 5.69 Å². The average Bonchev–Trinajstić information content (AvgIpc) is 3.04. The molecule has 0 spiro atoms. The molecule has 1 saturated heterocycles. The minimum absolute atomic E-state index is 0.0717. The lowest BCUT2D eigenvalue weighted by molar-refractivity contribution is -0.116. The largest absolute Gasteiger partial charge is 0.378 e. The third-order valence-electron chi connectivity index (χ3n) is 5.66. The number of anilines is 2. The molecule has 0 saturated carbocycles. The molecule has 0 unspecified atom stereocenters. The predicted octanol–water partition coefficient (Wildman–Crippen LogP) is 3.00. The molecule has 1 amide bonds. The van der Waals surface area contributed by atoms with Gasteiger partial charge in [-0.25, -0.2) is 4.79 Å². The van der Waals surface area contributed by atoms with Gasteiger partial charge in [0.2, 0.25) is 5.91 Å². The number of nitrogens with one attached hydrogen (secondary N) is 1. The van der Waals surface area contributed by atoms with E-state index in [-0.39, 0.29) is 18.0 Å². The fraction of sp³-hybridized carbons (Fsp3) is 0.391. The first-order chi connectivity index (χ1) is 14.6. The molecule has 0 aliphatic carbocycles. The number of nitrogens with zero attached hydrogens (tertiary/aromatic N) is 3. The minimum atomic E-state index is -0.0996. The number of imidazole rings is 1. The van der Waals surface area contributed by atoms with Gasteiger partial charge in [0.15, 0.2) is 0 Å². The average molecular weight is 409 g/mol. The first kappa shape index (κ1) is 20.2. The van der Waals surface area contributed by atoms with Crippen LogP contribution in [0, 0.1) is 6.92 Å². The standard InChI is InChI=1S/C23H28N4O3/c1-3-26-20-6-4-5-7-21(20)27(23(26)29)11-10-22(28)24-19-9-8-18(16-17(19)2)25-12-14-30-15-13-25/h4-9,16H,3,10-15H2,1-2H3,(H,24,28). The van der Waals surface area contributed by atoms with Gasteiger partial charge < -0.3 is 15.0 Å². The molecule has 0 radical (unpaired) electrons. The van der Waals surface area contributed by atoms with Crippen molar-refractivity contribution in [3.8, 4) is 0 Å². The second-order valence-electron chi connectivity index (χ2n) is 7.56. The molecule has 1 N–H and O–H groups in total. The van der Waals surface area contributed by atoms with Crippen LogP contribution in [-0.2, 0) is 22.6 Å². The number of rotatable bonds is 6. The summed E-state index contributed by atoms with van der Waals surface area (Å²) in [5, 5.41) is 2.99. The number of para-hydroxylation sites is 2. The van der Waals surface area contributed by atoms with E-state index in [0.717, 1.165) is 54.3 Å². The third-order valence-corrected chi connectivity index (χ3v) is 5.66. The Kier molecular flexibility index (Phi) is 5.90. The van der Waals surface area contributed by atoms with Crippen LogP contribution in [0.5, 0.6) is 0 Å². The van der Waals surface area contributed by atoms with Gasteiger partial charge in [-0.1, -0.05) is 12.1 Å². The highest BCUT2D eigenvalue weighted by molar-refractivity contribution is 5.91. The van der Waals surface area contributed by atoms with Crippen LogP contribution in [0.2, 0.25) is 0 Å². The predicted molar refractivity (Wildman–Crippen MR) is 119 cm³/mol. The van der Waals surface area contributed by atoms with Crippen LogP contribution in [0.1, 0.15) is 18.9 Å². The fourth-order valence-electron chi connectivity index (χ4n) is 4.03. The van der Waals surface area contributed by atoms with E-state index in [2.05, 4.69) is 16.3 Å². The third kappa shape index (κ3) is 3.98. The van der Waals surface area contributed by atoms with Crippen molar-refractivity contribution in [2.45, 2.75) is 33.4 Å². The topological polar surface area (TPSA) is 68.5 Å². The van der Waals surface area contributed by atoms with Crippen LogP contribution in [0.25, 0.3) is 11.0 Å². The van der Waals surface area contributed by atoms with Crippen molar-refractivity contribution in [1.29, 1.82) is 0 Å². The number of aromatic nitrogens is 2. The Labute approximate surface area is 175 Å². The molecule has 7 heteroatoms. The zero-order chi connectivity index (χ0) is 21.1. The van der Waals surface area contributed by atoms with E-state index in [1.165, 1.54) is 0 Å². The van der Waals surface area contributed by atoms with Crippen molar-refractivity contribution in [2.24, 2.45) is 0 Å². The number of amides is 1. The molecule has 2 heterocycles. The van der Waals surface area contributed by atoms with E-state index in [4.69, 9.17) is 4.74 Å². The van der Waals surface area contributed by atoms with Crippen LogP contribution >= 0.6 is 0 Å². The van der Waals surface area contributed by atoms with Crippen LogP contribution < -0.4 is 15.9 Å². The molecule has 2 aromatic carbocycles. The molecule has 158 valence electrons. The van der Waals surface area contributed by atoms with Crippen LogP contribution in [-0.4, -0.2) is 41.3 Å². The van der Waals surface area contributed by atoms with E-state index in [9.17, 15) is 9.59 Å². The van der Waals surface area contributed by atoms with Gasteiger partial charge in [-0.15, -0.1) is 0 Å². The van der Waals surface area contributed by atoms with Gasteiger partial charge in [-0.2, -0.15) is 0 Å². The molecule has 3 aromatic rings. The number of carbonyl (C=O) groups is 1. The number of hydrogen-bond donors (Lipinski definition) is 1. The second-order valence-corrected chi connectivity index (χ2v) is 7.56. The fourth-order valence-corrected chi connectivity index (χ4v) is 4.03. The molecular weight excluding hydrogens is 380 g/mol. The number of ether oxygens (including phenoxy) is 1. The van der Waals surface area contributed by atoms with Crippen molar-refractivity contribution in [3.63, 3.8) is 0 Å². The summed E-state index contributed by atoms with van der Waals surface area (Å²) in [6.07, 6.45) is 0.238. The quantitative estimate of drug-likeness (QED) is 0.681. The maximum Gasteiger partial charge on any atom is 0.329 e. The summed E-state index contributed by atoms with van der Waals surface area (Å²) >= 11 is 0. The summed E-state index contributed by atoms with van der Waals surface area (Å²) < 4.78 is 8.84. The first-order valence-corrected chi connectivity index (χ1v) is 10.5. The van der Waals surface area contributed by atoms with Gasteiger partial charge in [-0.05, 0) is 49.7 Å². The van der Waals surface area contributed by atoms with Crippen molar-refractivity contribution >= 4 is 28.3 Å². The second kappa shape index (κ2) is 8.75. The normalized spacial score (nSPS) is 14.3. The highest BCUT2D eigenvalue weighted by atomic mass is 16.5. The Bertz CT molecular complexity index is 1110. The van der Waals surface area contributed by atoms with E-state index in [0.29, 0.717) is 13.1 Å². The van der Waals surface area contributed by atoms with Crippen LogP contribution in [0.15, 0.2) is 47.3 Å². The Balaban J connectivity index is 1.44. The monoisotopic (exact) mass is 408 g/mol. The van der Waals surface area contributed by atoms with Crippen LogP contribution in [0.4, 0.5) is 11.4 Å².